The van der Waals surface area contributed by atoms with Crippen molar-refractivity contribution < 1.29 is 4.74 Å². The maximum Gasteiger partial charge on any atom is 0.147 e. The molecular weight excluding hydrogens is 356 g/mol. The Balaban J connectivity index is 1.47. The summed E-state index contributed by atoms with van der Waals surface area (Å²) in [6.45, 7) is 0. The molecule has 0 aliphatic rings. The predicted octanol–water partition coefficient (Wildman–Crippen LogP) is 5.31. The van der Waals surface area contributed by atoms with Crippen molar-refractivity contribution in [3.8, 4) is 33.3 Å². The zero-order valence-corrected chi connectivity index (χ0v) is 15.0. The van der Waals surface area contributed by atoms with Crippen LogP contribution in [0.25, 0.3) is 27.3 Å². The molecule has 0 atom stereocenters. The predicted molar refractivity (Wildman–Crippen MR) is 106 cm³/mol. The minimum atomic E-state index is 0.759. The standard InChI is InChI=1S/C21H14N4OS/c1-2-10-25-13-22-20(19(25)9-1)15-5-3-7-17(11-15)26-18-8-4-6-16(12-18)21-24-23-14-27-21/h1-14H. The highest BCUT2D eigenvalue weighted by Gasteiger charge is 2.09. The highest BCUT2D eigenvalue weighted by molar-refractivity contribution is 7.12. The number of hydrogen-bond acceptors (Lipinski definition) is 5. The van der Waals surface area contributed by atoms with Crippen LogP contribution in [0.2, 0.25) is 0 Å². The van der Waals surface area contributed by atoms with Crippen LogP contribution in [0.5, 0.6) is 11.5 Å². The van der Waals surface area contributed by atoms with E-state index < -0.39 is 0 Å². The third kappa shape index (κ3) is 3.07. The number of fused-ring (bicyclic) bond motifs is 1. The van der Waals surface area contributed by atoms with Crippen molar-refractivity contribution >= 4 is 16.9 Å². The van der Waals surface area contributed by atoms with Gasteiger partial charge in [0.25, 0.3) is 0 Å². The molecule has 3 heterocycles. The molecule has 0 spiro atoms. The van der Waals surface area contributed by atoms with Crippen molar-refractivity contribution in [1.29, 1.82) is 0 Å². The van der Waals surface area contributed by atoms with Gasteiger partial charge in [0.15, 0.2) is 0 Å². The van der Waals surface area contributed by atoms with E-state index in [0.717, 1.165) is 38.8 Å². The van der Waals surface area contributed by atoms with Crippen molar-refractivity contribution in [2.75, 3.05) is 0 Å². The quantitative estimate of drug-likeness (QED) is 0.430. The molecule has 0 aliphatic heterocycles. The van der Waals surface area contributed by atoms with Gasteiger partial charge in [0, 0.05) is 17.3 Å². The molecule has 130 valence electrons. The smallest absolute Gasteiger partial charge is 0.147 e. The van der Waals surface area contributed by atoms with Crippen LogP contribution in [0, 0.1) is 0 Å². The Kier molecular flexibility index (Phi) is 3.88. The van der Waals surface area contributed by atoms with Crippen LogP contribution >= 0.6 is 11.3 Å². The van der Waals surface area contributed by atoms with E-state index in [9.17, 15) is 0 Å². The molecule has 27 heavy (non-hydrogen) atoms. The monoisotopic (exact) mass is 370 g/mol. The zero-order chi connectivity index (χ0) is 18.1. The molecule has 2 aromatic carbocycles. The lowest BCUT2D eigenvalue weighted by atomic mass is 10.1. The van der Waals surface area contributed by atoms with Gasteiger partial charge in [-0.1, -0.05) is 41.7 Å². The fourth-order valence-electron chi connectivity index (χ4n) is 3.00. The molecule has 0 fully saturated rings. The fraction of sp³-hybridized carbons (Fsp3) is 0. The molecule has 0 amide bonds. The molecule has 5 rings (SSSR count). The molecule has 0 saturated heterocycles. The van der Waals surface area contributed by atoms with Gasteiger partial charge in [0.1, 0.15) is 22.0 Å². The number of nitrogens with zero attached hydrogens (tertiary/aromatic N) is 4. The summed E-state index contributed by atoms with van der Waals surface area (Å²) in [7, 11) is 0. The van der Waals surface area contributed by atoms with E-state index in [1.807, 2.05) is 77.6 Å². The van der Waals surface area contributed by atoms with Crippen molar-refractivity contribution in [2.45, 2.75) is 0 Å². The Bertz CT molecular complexity index is 1210. The molecule has 0 saturated carbocycles. The van der Waals surface area contributed by atoms with Crippen molar-refractivity contribution in [2.24, 2.45) is 0 Å². The number of rotatable bonds is 4. The number of ether oxygens (including phenoxy) is 1. The lowest BCUT2D eigenvalue weighted by molar-refractivity contribution is 0.483. The first-order valence-corrected chi connectivity index (χ1v) is 9.31. The van der Waals surface area contributed by atoms with Crippen molar-refractivity contribution in [3.05, 3.63) is 84.8 Å². The molecule has 3 aromatic heterocycles. The van der Waals surface area contributed by atoms with Crippen LogP contribution in [-0.4, -0.2) is 19.6 Å². The number of hydrogen-bond donors (Lipinski definition) is 0. The summed E-state index contributed by atoms with van der Waals surface area (Å²) < 4.78 is 8.10. The molecule has 0 N–H and O–H groups in total. The Hall–Kier alpha value is -3.51. The molecule has 0 unspecified atom stereocenters. The molecular formula is C21H14N4OS. The number of benzene rings is 2. The van der Waals surface area contributed by atoms with Crippen LogP contribution in [-0.2, 0) is 0 Å². The van der Waals surface area contributed by atoms with Crippen LogP contribution in [0.15, 0.2) is 84.8 Å². The van der Waals surface area contributed by atoms with Gasteiger partial charge < -0.3 is 9.14 Å². The van der Waals surface area contributed by atoms with Crippen molar-refractivity contribution in [1.82, 2.24) is 19.6 Å². The molecule has 5 aromatic rings. The second-order valence-electron chi connectivity index (χ2n) is 5.99. The van der Waals surface area contributed by atoms with Crippen LogP contribution in [0.1, 0.15) is 0 Å². The summed E-state index contributed by atoms with van der Waals surface area (Å²) in [4.78, 5) is 4.56. The van der Waals surface area contributed by atoms with Gasteiger partial charge in [-0.05, 0) is 36.4 Å². The fourth-order valence-corrected chi connectivity index (χ4v) is 3.55. The largest absolute Gasteiger partial charge is 0.457 e. The molecule has 0 bridgehead atoms. The lowest BCUT2D eigenvalue weighted by Crippen LogP contribution is -1.87. The Morgan fingerprint density at radius 2 is 1.67 bits per heavy atom. The topological polar surface area (TPSA) is 52.3 Å². The number of pyridine rings is 1. The maximum atomic E-state index is 6.09. The summed E-state index contributed by atoms with van der Waals surface area (Å²) in [6, 6.07) is 21.9. The van der Waals surface area contributed by atoms with E-state index in [1.165, 1.54) is 11.3 Å². The van der Waals surface area contributed by atoms with E-state index in [2.05, 4.69) is 21.2 Å². The van der Waals surface area contributed by atoms with Gasteiger partial charge in [0.2, 0.25) is 0 Å². The van der Waals surface area contributed by atoms with Crippen LogP contribution in [0.3, 0.4) is 0 Å². The maximum absolute atomic E-state index is 6.09. The molecule has 6 heteroatoms. The van der Waals surface area contributed by atoms with Gasteiger partial charge in [-0.25, -0.2) is 4.98 Å². The summed E-state index contributed by atoms with van der Waals surface area (Å²) in [5, 5.41) is 8.88. The van der Waals surface area contributed by atoms with Gasteiger partial charge in [-0.15, -0.1) is 10.2 Å². The minimum absolute atomic E-state index is 0.759. The van der Waals surface area contributed by atoms with E-state index in [-0.39, 0.29) is 0 Å². The number of aromatic nitrogens is 4. The Labute approximate surface area is 159 Å². The van der Waals surface area contributed by atoms with Gasteiger partial charge >= 0.3 is 0 Å². The third-order valence-electron chi connectivity index (χ3n) is 4.23. The second kappa shape index (κ2) is 6.66. The molecule has 5 nitrogen and oxygen atoms in total. The summed E-state index contributed by atoms with van der Waals surface area (Å²) in [6.07, 6.45) is 3.81. The minimum Gasteiger partial charge on any atom is -0.457 e. The highest BCUT2D eigenvalue weighted by Crippen LogP contribution is 2.31. The number of imidazole rings is 1. The van der Waals surface area contributed by atoms with Crippen LogP contribution < -0.4 is 4.74 Å². The lowest BCUT2D eigenvalue weighted by Gasteiger charge is -2.08. The van der Waals surface area contributed by atoms with E-state index >= 15 is 0 Å². The van der Waals surface area contributed by atoms with Gasteiger partial charge in [-0.3, -0.25) is 0 Å². The third-order valence-corrected chi connectivity index (χ3v) is 4.97. The van der Waals surface area contributed by atoms with Gasteiger partial charge in [-0.2, -0.15) is 0 Å². The summed E-state index contributed by atoms with van der Waals surface area (Å²) in [5.41, 5.74) is 5.73. The van der Waals surface area contributed by atoms with Crippen LogP contribution in [0.4, 0.5) is 0 Å². The second-order valence-corrected chi connectivity index (χ2v) is 6.82. The average molecular weight is 370 g/mol. The van der Waals surface area contributed by atoms with E-state index in [0.29, 0.717) is 0 Å². The first-order chi connectivity index (χ1) is 13.4. The SMILES string of the molecule is c1cc(Oc2cccc(-c3ncn4ccccc34)c2)cc(-c2nncs2)c1. The van der Waals surface area contributed by atoms with Crippen molar-refractivity contribution in [3.63, 3.8) is 0 Å². The summed E-state index contributed by atoms with van der Waals surface area (Å²) >= 11 is 1.50. The Morgan fingerprint density at radius 3 is 2.48 bits per heavy atom. The van der Waals surface area contributed by atoms with E-state index in [1.54, 1.807) is 5.51 Å². The zero-order valence-electron chi connectivity index (χ0n) is 14.2. The highest BCUT2D eigenvalue weighted by atomic mass is 32.1. The first kappa shape index (κ1) is 15.7. The van der Waals surface area contributed by atoms with Gasteiger partial charge in [0.05, 0.1) is 17.5 Å². The Morgan fingerprint density at radius 1 is 0.852 bits per heavy atom. The molecule has 0 radical (unpaired) electrons. The molecule has 0 aliphatic carbocycles. The normalized spacial score (nSPS) is 11.0. The summed E-state index contributed by atoms with van der Waals surface area (Å²) in [5.74, 6) is 1.52. The van der Waals surface area contributed by atoms with E-state index in [4.69, 9.17) is 4.74 Å². The first-order valence-electron chi connectivity index (χ1n) is 8.43. The average Bonchev–Trinajstić information content (AvgIpc) is 3.39.